The van der Waals surface area contributed by atoms with E-state index in [1.54, 1.807) is 0 Å². The van der Waals surface area contributed by atoms with Gasteiger partial charge in [-0.3, -0.25) is 10.2 Å². The molecule has 3 N–H and O–H groups in total. The Hall–Kier alpha value is -4.22. The minimum atomic E-state index is -0.683. The van der Waals surface area contributed by atoms with Crippen LogP contribution in [0.2, 0.25) is 0 Å². The van der Waals surface area contributed by atoms with Gasteiger partial charge in [-0.05, 0) is 85.7 Å². The molecule has 0 bridgehead atoms. The molecule has 4 rings (SSSR count). The summed E-state index contributed by atoms with van der Waals surface area (Å²) in [5.74, 6) is -0.622. The van der Waals surface area contributed by atoms with Gasteiger partial charge >= 0.3 is 12.1 Å². The summed E-state index contributed by atoms with van der Waals surface area (Å²) < 4.78 is 20.1. The standard InChI is InChI=1S/C29H39FN8O3/c1-17-15-37(16-18(2)38(17)27(40)41-29(6,7)8)21-11-9-20(10-12-21)32-25-31-14-19-13-22(30)24(33-23(19)34-25)35-26(39)36-28(3,4)5/h9-14,17-18H,15-16H2,1-8H3,(H3,31,32,33,34,35,36,39)/t17-,18+. The van der Waals surface area contributed by atoms with E-state index < -0.39 is 23.0 Å². The Kier molecular flexibility index (Phi) is 8.23. The van der Waals surface area contributed by atoms with Gasteiger partial charge in [0.2, 0.25) is 5.95 Å². The van der Waals surface area contributed by atoms with Crippen molar-refractivity contribution < 1.29 is 18.7 Å². The van der Waals surface area contributed by atoms with E-state index in [9.17, 15) is 14.0 Å². The van der Waals surface area contributed by atoms with Crippen molar-refractivity contribution in [3.8, 4) is 0 Å². The van der Waals surface area contributed by atoms with Crippen LogP contribution in [-0.4, -0.2) is 68.3 Å². The number of aromatic nitrogens is 3. The van der Waals surface area contributed by atoms with Crippen LogP contribution in [-0.2, 0) is 4.74 Å². The van der Waals surface area contributed by atoms with Crippen LogP contribution in [0.5, 0.6) is 0 Å². The third-order valence-corrected chi connectivity index (χ3v) is 6.25. The van der Waals surface area contributed by atoms with Crippen molar-refractivity contribution in [3.05, 3.63) is 42.3 Å². The number of nitrogens with zero attached hydrogens (tertiary/aromatic N) is 5. The van der Waals surface area contributed by atoms with E-state index in [-0.39, 0.29) is 35.6 Å². The molecule has 0 saturated carbocycles. The SMILES string of the molecule is C[C@@H]1CN(c2ccc(Nc3ncc4cc(F)c(NC(=O)NC(C)(C)C)nc4n3)cc2)C[C@H](C)N1C(=O)OC(C)(C)C. The maximum Gasteiger partial charge on any atom is 0.410 e. The second-order valence-electron chi connectivity index (χ2n) is 12.4. The average molecular weight is 567 g/mol. The van der Waals surface area contributed by atoms with E-state index >= 15 is 0 Å². The summed E-state index contributed by atoms with van der Waals surface area (Å²) >= 11 is 0. The highest BCUT2D eigenvalue weighted by Gasteiger charge is 2.35. The maximum absolute atomic E-state index is 14.5. The molecule has 3 aromatic rings. The van der Waals surface area contributed by atoms with Crippen molar-refractivity contribution in [1.29, 1.82) is 0 Å². The molecular weight excluding hydrogens is 527 g/mol. The third-order valence-electron chi connectivity index (χ3n) is 6.25. The fourth-order valence-electron chi connectivity index (χ4n) is 4.66. The number of fused-ring (bicyclic) bond motifs is 1. The van der Waals surface area contributed by atoms with Gasteiger partial charge in [0.25, 0.3) is 0 Å². The van der Waals surface area contributed by atoms with Gasteiger partial charge in [-0.25, -0.2) is 23.9 Å². The Labute approximate surface area is 239 Å². The Bertz CT molecular complexity index is 1410. The molecule has 0 radical (unpaired) electrons. The number of carbonyl (C=O) groups is 2. The van der Waals surface area contributed by atoms with Gasteiger partial charge in [-0.2, -0.15) is 4.98 Å². The Balaban J connectivity index is 1.43. The van der Waals surface area contributed by atoms with Gasteiger partial charge in [0.1, 0.15) is 5.60 Å². The Morgan fingerprint density at radius 1 is 1.00 bits per heavy atom. The van der Waals surface area contributed by atoms with Crippen molar-refractivity contribution in [2.75, 3.05) is 28.6 Å². The molecule has 220 valence electrons. The van der Waals surface area contributed by atoms with Crippen LogP contribution in [0, 0.1) is 5.82 Å². The molecule has 1 fully saturated rings. The van der Waals surface area contributed by atoms with Crippen LogP contribution in [0.25, 0.3) is 11.0 Å². The van der Waals surface area contributed by atoms with Crippen molar-refractivity contribution >= 4 is 46.3 Å². The molecule has 11 nitrogen and oxygen atoms in total. The van der Waals surface area contributed by atoms with Gasteiger partial charge in [0.05, 0.1) is 12.1 Å². The number of carbonyl (C=O) groups excluding carboxylic acids is 2. The second kappa shape index (κ2) is 11.3. The Morgan fingerprint density at radius 3 is 2.22 bits per heavy atom. The topological polar surface area (TPSA) is 125 Å². The lowest BCUT2D eigenvalue weighted by atomic mass is 10.1. The first-order chi connectivity index (χ1) is 19.1. The van der Waals surface area contributed by atoms with E-state index in [0.717, 1.165) is 11.4 Å². The van der Waals surface area contributed by atoms with Gasteiger partial charge in [-0.1, -0.05) is 0 Å². The summed E-state index contributed by atoms with van der Waals surface area (Å²) in [6, 6.07) is 8.46. The number of anilines is 4. The lowest BCUT2D eigenvalue weighted by Crippen LogP contribution is -2.59. The zero-order valence-corrected chi connectivity index (χ0v) is 24.9. The molecule has 3 heterocycles. The summed E-state index contributed by atoms with van der Waals surface area (Å²) in [4.78, 5) is 41.9. The zero-order valence-electron chi connectivity index (χ0n) is 24.9. The molecule has 1 saturated heterocycles. The summed E-state index contributed by atoms with van der Waals surface area (Å²) in [6.07, 6.45) is 1.18. The minimum Gasteiger partial charge on any atom is -0.444 e. The first-order valence-electron chi connectivity index (χ1n) is 13.6. The van der Waals surface area contributed by atoms with Crippen molar-refractivity contribution in [2.24, 2.45) is 0 Å². The maximum atomic E-state index is 14.5. The van der Waals surface area contributed by atoms with Crippen molar-refractivity contribution in [1.82, 2.24) is 25.2 Å². The number of piperazine rings is 1. The largest absolute Gasteiger partial charge is 0.444 e. The van der Waals surface area contributed by atoms with Crippen LogP contribution >= 0.6 is 0 Å². The molecule has 12 heteroatoms. The van der Waals surface area contributed by atoms with Crippen molar-refractivity contribution in [2.45, 2.75) is 78.6 Å². The Morgan fingerprint density at radius 2 is 1.63 bits per heavy atom. The molecule has 1 aromatic carbocycles. The number of ether oxygens (including phenoxy) is 1. The number of hydrogen-bond donors (Lipinski definition) is 3. The zero-order chi connectivity index (χ0) is 30.1. The van der Waals surface area contributed by atoms with Crippen LogP contribution in [0.1, 0.15) is 55.4 Å². The predicted molar refractivity (Wildman–Crippen MR) is 158 cm³/mol. The van der Waals surface area contributed by atoms with E-state index in [2.05, 4.69) is 35.8 Å². The number of hydrogen-bond acceptors (Lipinski definition) is 8. The highest BCUT2D eigenvalue weighted by Crippen LogP contribution is 2.27. The predicted octanol–water partition coefficient (Wildman–Crippen LogP) is 5.66. The van der Waals surface area contributed by atoms with Gasteiger partial charge in [-0.15, -0.1) is 0 Å². The molecule has 2 aromatic heterocycles. The number of urea groups is 1. The monoisotopic (exact) mass is 566 g/mol. The van der Waals surface area contributed by atoms with E-state index in [4.69, 9.17) is 4.74 Å². The smallest absolute Gasteiger partial charge is 0.410 e. The van der Waals surface area contributed by atoms with Crippen LogP contribution < -0.4 is 20.9 Å². The summed E-state index contributed by atoms with van der Waals surface area (Å²) in [7, 11) is 0. The average Bonchev–Trinajstić information content (AvgIpc) is 2.82. The van der Waals surface area contributed by atoms with E-state index in [1.165, 1.54) is 12.3 Å². The summed E-state index contributed by atoms with van der Waals surface area (Å²) in [6.45, 7) is 16.5. The molecule has 0 spiro atoms. The highest BCUT2D eigenvalue weighted by atomic mass is 19.1. The van der Waals surface area contributed by atoms with Crippen molar-refractivity contribution in [3.63, 3.8) is 0 Å². The fourth-order valence-corrected chi connectivity index (χ4v) is 4.66. The molecule has 0 aliphatic carbocycles. The van der Waals surface area contributed by atoms with Crippen LogP contribution in [0.15, 0.2) is 36.5 Å². The third kappa shape index (κ3) is 7.71. The fraction of sp³-hybridized carbons (Fsp3) is 0.483. The molecule has 2 atom stereocenters. The summed E-state index contributed by atoms with van der Waals surface area (Å²) in [5.41, 5.74) is 0.985. The molecule has 41 heavy (non-hydrogen) atoms. The summed E-state index contributed by atoms with van der Waals surface area (Å²) in [5, 5.41) is 8.70. The van der Waals surface area contributed by atoms with Gasteiger partial charge in [0.15, 0.2) is 17.3 Å². The quantitative estimate of drug-likeness (QED) is 0.369. The minimum absolute atomic E-state index is 0.0198. The lowest BCUT2D eigenvalue weighted by Gasteiger charge is -2.45. The second-order valence-corrected chi connectivity index (χ2v) is 12.4. The number of halogens is 1. The number of amides is 3. The molecule has 1 aliphatic heterocycles. The number of rotatable bonds is 4. The molecular formula is C29H39FN8O3. The molecule has 3 amide bonds. The van der Waals surface area contributed by atoms with Gasteiger partial charge < -0.3 is 20.3 Å². The normalized spacial score (nSPS) is 17.8. The number of pyridine rings is 1. The lowest BCUT2D eigenvalue weighted by molar-refractivity contribution is 0.00565. The highest BCUT2D eigenvalue weighted by molar-refractivity contribution is 5.90. The first-order valence-corrected chi connectivity index (χ1v) is 13.6. The number of nitrogens with one attached hydrogen (secondary N) is 3. The van der Waals surface area contributed by atoms with E-state index in [0.29, 0.717) is 18.5 Å². The molecule has 1 aliphatic rings. The van der Waals surface area contributed by atoms with Crippen LogP contribution in [0.4, 0.5) is 37.1 Å². The number of benzene rings is 1. The van der Waals surface area contributed by atoms with Crippen LogP contribution in [0.3, 0.4) is 0 Å². The molecule has 0 unspecified atom stereocenters. The van der Waals surface area contributed by atoms with Gasteiger partial charge in [0, 0.05) is 41.6 Å². The van der Waals surface area contributed by atoms with E-state index in [1.807, 2.05) is 84.6 Å². The first kappa shape index (κ1) is 29.8.